The lowest BCUT2D eigenvalue weighted by molar-refractivity contribution is -0.385. The van der Waals surface area contributed by atoms with E-state index in [4.69, 9.17) is 4.74 Å². The van der Waals surface area contributed by atoms with Gasteiger partial charge in [-0.3, -0.25) is 10.1 Å². The second kappa shape index (κ2) is 8.95. The van der Waals surface area contributed by atoms with Crippen LogP contribution in [0.3, 0.4) is 0 Å². The molecule has 3 aromatic carbocycles. The molecule has 8 heteroatoms. The van der Waals surface area contributed by atoms with Crippen LogP contribution in [0, 0.1) is 46.6 Å². The van der Waals surface area contributed by atoms with Crippen LogP contribution in [0.1, 0.15) is 11.1 Å². The summed E-state index contributed by atoms with van der Waals surface area (Å²) in [6.07, 6.45) is 1.45. The number of nitrogens with one attached hydrogen (secondary N) is 2. The molecule has 2 N–H and O–H groups in total. The number of hydrogen-bond donors (Lipinski definition) is 2. The maximum Gasteiger partial charge on any atom is 0.285 e. The van der Waals surface area contributed by atoms with Crippen LogP contribution in [0.15, 0.2) is 67.0 Å². The monoisotopic (exact) mass is 477 g/mol. The Hall–Kier alpha value is -4.48. The molecule has 2 heterocycles. The summed E-state index contributed by atoms with van der Waals surface area (Å²) in [5, 5.41) is 19.1. The second-order valence-electron chi connectivity index (χ2n) is 9.17. The van der Waals surface area contributed by atoms with Gasteiger partial charge in [0.25, 0.3) is 5.69 Å². The molecule has 0 spiro atoms. The highest BCUT2D eigenvalue weighted by Gasteiger charge is 2.51. The number of aryl methyl sites for hydroxylation is 1. The molecule has 0 amide bonds. The summed E-state index contributed by atoms with van der Waals surface area (Å²) in [5.74, 6) is 9.78. The number of nitro groups is 1. The highest BCUT2D eigenvalue weighted by atomic mass is 16.6. The zero-order valence-electron chi connectivity index (χ0n) is 19.6. The number of nitrogens with zero attached hydrogens (tertiary/aromatic N) is 3. The third-order valence-corrected chi connectivity index (χ3v) is 6.82. The maximum absolute atomic E-state index is 11.9. The van der Waals surface area contributed by atoms with E-state index in [0.717, 1.165) is 35.8 Å². The van der Waals surface area contributed by atoms with Gasteiger partial charge in [0.2, 0.25) is 0 Å². The first-order valence-electron chi connectivity index (χ1n) is 11.8. The molecule has 1 aliphatic heterocycles. The number of hydrogen-bond acceptors (Lipinski definition) is 7. The smallest absolute Gasteiger partial charge is 0.285 e. The predicted molar refractivity (Wildman–Crippen MR) is 137 cm³/mol. The topological polar surface area (TPSA) is 102 Å². The first kappa shape index (κ1) is 22.0. The number of fused-ring (bicyclic) bond motifs is 2. The summed E-state index contributed by atoms with van der Waals surface area (Å²) in [4.78, 5) is 20.2. The Labute approximate surface area is 207 Å². The Bertz CT molecular complexity index is 1530. The minimum Gasteiger partial charge on any atom is -0.457 e. The highest BCUT2D eigenvalue weighted by molar-refractivity contribution is 5.93. The van der Waals surface area contributed by atoms with Crippen molar-refractivity contribution in [2.45, 2.75) is 6.92 Å². The Morgan fingerprint density at radius 3 is 2.64 bits per heavy atom. The van der Waals surface area contributed by atoms with Crippen molar-refractivity contribution in [1.29, 1.82) is 0 Å². The summed E-state index contributed by atoms with van der Waals surface area (Å²) in [5.41, 5.74) is 2.66. The third-order valence-electron chi connectivity index (χ3n) is 6.82. The van der Waals surface area contributed by atoms with E-state index < -0.39 is 4.92 Å². The molecule has 6 rings (SSSR count). The molecule has 2 aliphatic rings. The van der Waals surface area contributed by atoms with Gasteiger partial charge in [0.05, 0.1) is 10.4 Å². The number of ether oxygens (including phenoxy) is 1. The Morgan fingerprint density at radius 1 is 1.08 bits per heavy atom. The fourth-order valence-corrected chi connectivity index (χ4v) is 4.83. The summed E-state index contributed by atoms with van der Waals surface area (Å²) >= 11 is 0. The first-order chi connectivity index (χ1) is 17.6. The van der Waals surface area contributed by atoms with Crippen LogP contribution in [0.25, 0.3) is 10.9 Å². The Kier molecular flexibility index (Phi) is 5.47. The average Bonchev–Trinajstić information content (AvgIpc) is 3.30. The van der Waals surface area contributed by atoms with Crippen molar-refractivity contribution in [3.05, 3.63) is 88.2 Å². The maximum atomic E-state index is 11.9. The van der Waals surface area contributed by atoms with Crippen LogP contribution in [-0.4, -0.2) is 28.0 Å². The largest absolute Gasteiger partial charge is 0.457 e. The minimum absolute atomic E-state index is 0.0421. The molecule has 36 heavy (non-hydrogen) atoms. The van der Waals surface area contributed by atoms with Gasteiger partial charge in [-0.1, -0.05) is 30.0 Å². The van der Waals surface area contributed by atoms with Crippen molar-refractivity contribution >= 4 is 28.1 Å². The fraction of sp³-hybridized carbons (Fsp3) is 0.214. The van der Waals surface area contributed by atoms with Gasteiger partial charge in [0.15, 0.2) is 0 Å². The van der Waals surface area contributed by atoms with Crippen LogP contribution >= 0.6 is 0 Å². The summed E-state index contributed by atoms with van der Waals surface area (Å²) in [7, 11) is 0. The number of benzene rings is 3. The van der Waals surface area contributed by atoms with E-state index in [1.807, 2.05) is 55.5 Å². The van der Waals surface area contributed by atoms with E-state index in [9.17, 15) is 10.1 Å². The number of aromatic nitrogens is 2. The van der Waals surface area contributed by atoms with Crippen LogP contribution in [-0.2, 0) is 0 Å². The lowest BCUT2D eigenvalue weighted by atomic mass is 10.1. The standard InChI is InChI=1S/C28H23N5O3/c1-17-11-19(8-10-27(17)36-20-5-3-2-4-6-20)32-28-22-13-26(33(34)35)18(12-25(22)30-16-31-28)7-9-21-23-14-29-15-24(21)23/h2-6,8,10-13,16,21,23-24,29H,14-15H2,1H3,(H,30,31,32)/t21-,23-,24+. The van der Waals surface area contributed by atoms with Crippen molar-refractivity contribution in [1.82, 2.24) is 15.3 Å². The lowest BCUT2D eigenvalue weighted by Gasteiger charge is -2.12. The minimum atomic E-state index is -0.393. The van der Waals surface area contributed by atoms with Gasteiger partial charge in [-0.05, 0) is 73.8 Å². The van der Waals surface area contributed by atoms with Crippen molar-refractivity contribution in [3.63, 3.8) is 0 Å². The van der Waals surface area contributed by atoms with E-state index in [1.165, 1.54) is 12.4 Å². The van der Waals surface area contributed by atoms with Crippen LogP contribution in [0.5, 0.6) is 11.5 Å². The van der Waals surface area contributed by atoms with E-state index in [0.29, 0.717) is 40.0 Å². The molecule has 0 bridgehead atoms. The molecule has 4 aromatic rings. The van der Waals surface area contributed by atoms with Gasteiger partial charge >= 0.3 is 0 Å². The molecular weight excluding hydrogens is 454 g/mol. The van der Waals surface area contributed by atoms with E-state index in [1.54, 1.807) is 6.07 Å². The van der Waals surface area contributed by atoms with E-state index >= 15 is 0 Å². The molecule has 1 aromatic heterocycles. The third kappa shape index (κ3) is 4.21. The predicted octanol–water partition coefficient (Wildman–Crippen LogP) is 5.20. The number of piperidine rings is 1. The number of nitro benzene ring substituents is 1. The molecule has 0 unspecified atom stereocenters. The van der Waals surface area contributed by atoms with Crippen molar-refractivity contribution in [3.8, 4) is 23.3 Å². The highest BCUT2D eigenvalue weighted by Crippen LogP contribution is 2.48. The van der Waals surface area contributed by atoms with Crippen molar-refractivity contribution in [2.75, 3.05) is 18.4 Å². The van der Waals surface area contributed by atoms with Crippen LogP contribution < -0.4 is 15.4 Å². The quantitative estimate of drug-likeness (QED) is 0.231. The molecular formula is C28H23N5O3. The number of anilines is 2. The lowest BCUT2D eigenvalue weighted by Crippen LogP contribution is -2.13. The summed E-state index contributed by atoms with van der Waals surface area (Å²) < 4.78 is 5.96. The summed E-state index contributed by atoms with van der Waals surface area (Å²) in [6.45, 7) is 3.91. The molecule has 1 saturated heterocycles. The molecule has 1 aliphatic carbocycles. The Morgan fingerprint density at radius 2 is 1.89 bits per heavy atom. The van der Waals surface area contributed by atoms with Crippen molar-refractivity contribution in [2.24, 2.45) is 17.8 Å². The van der Waals surface area contributed by atoms with Gasteiger partial charge in [-0.25, -0.2) is 9.97 Å². The van der Waals surface area contributed by atoms with Gasteiger partial charge in [-0.15, -0.1) is 0 Å². The van der Waals surface area contributed by atoms with Gasteiger partial charge in [-0.2, -0.15) is 0 Å². The molecule has 1 saturated carbocycles. The molecule has 178 valence electrons. The zero-order valence-corrected chi connectivity index (χ0v) is 19.6. The second-order valence-corrected chi connectivity index (χ2v) is 9.17. The SMILES string of the molecule is Cc1cc(Nc2ncnc3cc(C#C[C@@H]4[C@H]5CNC[C@@H]45)c([N+](=O)[O-])cc23)ccc1Oc1ccccc1. The first-order valence-corrected chi connectivity index (χ1v) is 11.8. The normalized spacial score (nSPS) is 19.8. The fourth-order valence-electron chi connectivity index (χ4n) is 4.83. The molecule has 2 fully saturated rings. The van der Waals surface area contributed by atoms with Crippen LogP contribution in [0.2, 0.25) is 0 Å². The molecule has 0 radical (unpaired) electrons. The summed E-state index contributed by atoms with van der Waals surface area (Å²) in [6, 6.07) is 18.5. The number of rotatable bonds is 5. The molecule has 8 nitrogen and oxygen atoms in total. The van der Waals surface area contributed by atoms with E-state index in [-0.39, 0.29) is 5.69 Å². The van der Waals surface area contributed by atoms with Gasteiger partial charge < -0.3 is 15.4 Å². The van der Waals surface area contributed by atoms with E-state index in [2.05, 4.69) is 32.4 Å². The molecule has 3 atom stereocenters. The van der Waals surface area contributed by atoms with Crippen molar-refractivity contribution < 1.29 is 9.66 Å². The zero-order chi connectivity index (χ0) is 24.6. The van der Waals surface area contributed by atoms with Gasteiger partial charge in [0, 0.05) is 23.1 Å². The van der Waals surface area contributed by atoms with Crippen LogP contribution in [0.4, 0.5) is 17.2 Å². The van der Waals surface area contributed by atoms with Gasteiger partial charge in [0.1, 0.15) is 29.2 Å². The average molecular weight is 478 g/mol. The Balaban J connectivity index is 1.29. The number of para-hydroxylation sites is 1.